The number of nitrogens with two attached hydrogens (primary N) is 1. The van der Waals surface area contributed by atoms with E-state index in [1.807, 2.05) is 0 Å². The summed E-state index contributed by atoms with van der Waals surface area (Å²) in [6.45, 7) is 5.72. The molecule has 94 valence electrons. The lowest BCUT2D eigenvalue weighted by molar-refractivity contribution is 0.493. The highest BCUT2D eigenvalue weighted by Crippen LogP contribution is 2.24. The van der Waals surface area contributed by atoms with Gasteiger partial charge in [0.1, 0.15) is 0 Å². The van der Waals surface area contributed by atoms with Gasteiger partial charge in [-0.2, -0.15) is 4.31 Å². The van der Waals surface area contributed by atoms with E-state index in [0.717, 1.165) is 5.57 Å². The van der Waals surface area contributed by atoms with Crippen molar-refractivity contribution in [1.29, 1.82) is 0 Å². The number of hydrogen-bond donors (Lipinski definition) is 1. The summed E-state index contributed by atoms with van der Waals surface area (Å²) in [5.74, 6) is 0. The van der Waals surface area contributed by atoms with Gasteiger partial charge in [0.05, 0.1) is 15.6 Å². The molecule has 0 spiro atoms. The second kappa shape index (κ2) is 5.08. The van der Waals surface area contributed by atoms with Crippen LogP contribution in [0.5, 0.6) is 0 Å². The number of halogens is 1. The fourth-order valence-corrected chi connectivity index (χ4v) is 2.82. The van der Waals surface area contributed by atoms with E-state index in [9.17, 15) is 8.42 Å². The Morgan fingerprint density at radius 1 is 1.53 bits per heavy atom. The van der Waals surface area contributed by atoms with Crippen LogP contribution in [0.25, 0.3) is 0 Å². The van der Waals surface area contributed by atoms with Crippen LogP contribution in [0.3, 0.4) is 0 Å². The number of nitrogens with zero attached hydrogens (tertiary/aromatic N) is 1. The van der Waals surface area contributed by atoms with Crippen LogP contribution in [0.4, 0.5) is 5.69 Å². The summed E-state index contributed by atoms with van der Waals surface area (Å²) in [7, 11) is -2.05. The third kappa shape index (κ3) is 3.21. The lowest BCUT2D eigenvalue weighted by atomic mass is 10.3. The van der Waals surface area contributed by atoms with Crippen molar-refractivity contribution >= 4 is 27.3 Å². The van der Waals surface area contributed by atoms with Gasteiger partial charge in [0, 0.05) is 13.6 Å². The second-order valence-corrected chi connectivity index (χ2v) is 6.35. The molecule has 0 fully saturated rings. The first-order valence-electron chi connectivity index (χ1n) is 4.91. The summed E-state index contributed by atoms with van der Waals surface area (Å²) in [5.41, 5.74) is 6.65. The number of likely N-dealkylation sites (N-methyl/N-ethyl adjacent to an activating group) is 1. The van der Waals surface area contributed by atoms with Crippen LogP contribution in [-0.2, 0) is 10.0 Å². The van der Waals surface area contributed by atoms with Crippen LogP contribution >= 0.6 is 11.6 Å². The maximum atomic E-state index is 12.1. The summed E-state index contributed by atoms with van der Waals surface area (Å²) in [4.78, 5) is 0.125. The molecule has 0 aliphatic carbocycles. The van der Waals surface area contributed by atoms with E-state index in [1.165, 1.54) is 29.6 Å². The fraction of sp³-hybridized carbons (Fsp3) is 0.273. The summed E-state index contributed by atoms with van der Waals surface area (Å²) in [6.07, 6.45) is 0. The predicted molar refractivity (Wildman–Crippen MR) is 70.5 cm³/mol. The molecule has 0 heterocycles. The minimum atomic E-state index is -3.54. The van der Waals surface area contributed by atoms with Gasteiger partial charge < -0.3 is 5.73 Å². The Morgan fingerprint density at radius 3 is 2.59 bits per heavy atom. The van der Waals surface area contributed by atoms with Crippen LogP contribution in [-0.4, -0.2) is 26.3 Å². The van der Waals surface area contributed by atoms with Crippen molar-refractivity contribution < 1.29 is 8.42 Å². The number of nitrogen functional groups attached to an aromatic ring is 1. The Balaban J connectivity index is 3.13. The zero-order valence-corrected chi connectivity index (χ0v) is 11.3. The third-order valence-corrected chi connectivity index (χ3v) is 4.30. The van der Waals surface area contributed by atoms with Crippen LogP contribution in [0.2, 0.25) is 5.02 Å². The molecular weight excluding hydrogens is 260 g/mol. The molecule has 0 aromatic heterocycles. The van der Waals surface area contributed by atoms with E-state index in [2.05, 4.69) is 6.58 Å². The molecule has 4 nitrogen and oxygen atoms in total. The highest BCUT2D eigenvalue weighted by Gasteiger charge is 2.21. The van der Waals surface area contributed by atoms with Crippen molar-refractivity contribution in [2.75, 3.05) is 19.3 Å². The summed E-state index contributed by atoms with van der Waals surface area (Å²) < 4.78 is 25.5. The minimum absolute atomic E-state index is 0.125. The largest absolute Gasteiger partial charge is 0.398 e. The van der Waals surface area contributed by atoms with Gasteiger partial charge in [-0.15, -0.1) is 0 Å². The average molecular weight is 275 g/mol. The Kier molecular flexibility index (Phi) is 4.19. The number of rotatable bonds is 4. The van der Waals surface area contributed by atoms with Gasteiger partial charge in [-0.25, -0.2) is 8.42 Å². The van der Waals surface area contributed by atoms with E-state index < -0.39 is 10.0 Å². The molecule has 0 bridgehead atoms. The quantitative estimate of drug-likeness (QED) is 0.676. The highest BCUT2D eigenvalue weighted by molar-refractivity contribution is 7.89. The van der Waals surface area contributed by atoms with Gasteiger partial charge in [-0.3, -0.25) is 0 Å². The average Bonchev–Trinajstić information content (AvgIpc) is 2.20. The first kappa shape index (κ1) is 14.0. The van der Waals surface area contributed by atoms with Crippen molar-refractivity contribution in [3.8, 4) is 0 Å². The Bertz CT molecular complexity index is 540. The maximum Gasteiger partial charge on any atom is 0.243 e. The first-order valence-corrected chi connectivity index (χ1v) is 6.72. The molecule has 1 aromatic carbocycles. The number of sulfonamides is 1. The van der Waals surface area contributed by atoms with Crippen molar-refractivity contribution in [1.82, 2.24) is 4.31 Å². The molecule has 0 aliphatic rings. The number of hydrogen-bond acceptors (Lipinski definition) is 3. The molecule has 1 aromatic rings. The number of anilines is 1. The molecule has 0 saturated carbocycles. The van der Waals surface area contributed by atoms with Gasteiger partial charge in [0.2, 0.25) is 10.0 Å². The molecular formula is C11H15ClN2O2S. The Hall–Kier alpha value is -1.04. The lowest BCUT2D eigenvalue weighted by Crippen LogP contribution is -2.28. The Morgan fingerprint density at radius 2 is 2.12 bits per heavy atom. The van der Waals surface area contributed by atoms with Crippen LogP contribution in [0, 0.1) is 0 Å². The van der Waals surface area contributed by atoms with Gasteiger partial charge in [-0.1, -0.05) is 23.8 Å². The first-order chi connectivity index (χ1) is 7.75. The molecule has 6 heteroatoms. The Labute approximate surface area is 107 Å². The molecule has 17 heavy (non-hydrogen) atoms. The topological polar surface area (TPSA) is 63.4 Å². The molecule has 0 aliphatic heterocycles. The third-order valence-electron chi connectivity index (χ3n) is 2.17. The molecule has 0 unspecified atom stereocenters. The highest BCUT2D eigenvalue weighted by atomic mass is 35.5. The smallest absolute Gasteiger partial charge is 0.243 e. The zero-order valence-electron chi connectivity index (χ0n) is 9.77. The summed E-state index contributed by atoms with van der Waals surface area (Å²) in [6, 6.07) is 4.26. The molecule has 0 atom stereocenters. The van der Waals surface area contributed by atoms with E-state index in [4.69, 9.17) is 17.3 Å². The maximum absolute atomic E-state index is 12.1. The van der Waals surface area contributed by atoms with E-state index in [-0.39, 0.29) is 16.5 Å². The summed E-state index contributed by atoms with van der Waals surface area (Å²) >= 11 is 5.80. The van der Waals surface area contributed by atoms with Crippen LogP contribution < -0.4 is 5.73 Å². The molecule has 1 rings (SSSR count). The van der Waals surface area contributed by atoms with E-state index in [0.29, 0.717) is 5.69 Å². The molecule has 0 amide bonds. The van der Waals surface area contributed by atoms with E-state index in [1.54, 1.807) is 6.92 Å². The molecule has 2 N–H and O–H groups in total. The number of benzene rings is 1. The van der Waals surface area contributed by atoms with Gasteiger partial charge >= 0.3 is 0 Å². The second-order valence-electron chi connectivity index (χ2n) is 3.90. The normalized spacial score (nSPS) is 11.8. The van der Waals surface area contributed by atoms with Gasteiger partial charge in [0.25, 0.3) is 0 Å². The van der Waals surface area contributed by atoms with Crippen molar-refractivity contribution in [2.24, 2.45) is 0 Å². The van der Waals surface area contributed by atoms with Crippen molar-refractivity contribution in [2.45, 2.75) is 11.8 Å². The zero-order chi connectivity index (χ0) is 13.2. The van der Waals surface area contributed by atoms with E-state index >= 15 is 0 Å². The predicted octanol–water partition coefficient (Wildman–Crippen LogP) is 2.12. The lowest BCUT2D eigenvalue weighted by Gasteiger charge is -2.17. The van der Waals surface area contributed by atoms with Crippen LogP contribution in [0.15, 0.2) is 35.2 Å². The van der Waals surface area contributed by atoms with Crippen LogP contribution in [0.1, 0.15) is 6.92 Å². The van der Waals surface area contributed by atoms with Crippen molar-refractivity contribution in [3.05, 3.63) is 35.4 Å². The summed E-state index contributed by atoms with van der Waals surface area (Å²) in [5, 5.41) is 0.231. The molecule has 0 saturated heterocycles. The minimum Gasteiger partial charge on any atom is -0.398 e. The molecule has 0 radical (unpaired) electrons. The SMILES string of the molecule is C=C(C)CN(C)S(=O)(=O)c1ccc(N)c(Cl)c1. The van der Waals surface area contributed by atoms with Gasteiger partial charge in [-0.05, 0) is 25.1 Å². The van der Waals surface area contributed by atoms with Crippen molar-refractivity contribution in [3.63, 3.8) is 0 Å². The standard InChI is InChI=1S/C11H15ClN2O2S/c1-8(2)7-14(3)17(15,16)9-4-5-11(13)10(12)6-9/h4-6H,1,7,13H2,2-3H3. The van der Waals surface area contributed by atoms with Gasteiger partial charge in [0.15, 0.2) is 0 Å². The monoisotopic (exact) mass is 274 g/mol. The fourth-order valence-electron chi connectivity index (χ4n) is 1.31.